The molecule has 0 unspecified atom stereocenters. The second-order valence-corrected chi connectivity index (χ2v) is 8.13. The number of aromatic nitrogens is 1. The van der Waals surface area contributed by atoms with Gasteiger partial charge < -0.3 is 9.73 Å². The fourth-order valence-electron chi connectivity index (χ4n) is 2.41. The molecule has 3 rings (SSSR count). The molecule has 0 radical (unpaired) electrons. The number of rotatable bonds is 8. The summed E-state index contributed by atoms with van der Waals surface area (Å²) in [5, 5.41) is 7.83. The maximum Gasteiger partial charge on any atom is 0.257 e. The molecule has 146 valence electrons. The maximum atomic E-state index is 12.4. The normalized spacial score (nSPS) is 10.6. The summed E-state index contributed by atoms with van der Waals surface area (Å²) in [4.78, 5) is 27.8. The molecule has 0 aliphatic heterocycles. The topological polar surface area (TPSA) is 84.2 Å². The molecule has 0 bridgehead atoms. The van der Waals surface area contributed by atoms with Gasteiger partial charge in [0.2, 0.25) is 5.91 Å². The van der Waals surface area contributed by atoms with E-state index in [1.165, 1.54) is 23.8 Å². The summed E-state index contributed by atoms with van der Waals surface area (Å²) in [7, 11) is 0. The van der Waals surface area contributed by atoms with Crippen LogP contribution < -0.4 is 10.6 Å². The van der Waals surface area contributed by atoms with Crippen molar-refractivity contribution in [2.45, 2.75) is 26.1 Å². The first kappa shape index (κ1) is 20.2. The highest BCUT2D eigenvalue weighted by Gasteiger charge is 2.12. The van der Waals surface area contributed by atoms with Gasteiger partial charge in [0, 0.05) is 23.6 Å². The van der Waals surface area contributed by atoms with E-state index in [1.54, 1.807) is 12.1 Å². The third kappa shape index (κ3) is 5.46. The molecule has 6 nitrogen and oxygen atoms in total. The Morgan fingerprint density at radius 3 is 2.68 bits per heavy atom. The molecule has 0 saturated carbocycles. The Kier molecular flexibility index (Phi) is 6.89. The molecule has 2 N–H and O–H groups in total. The van der Waals surface area contributed by atoms with Crippen LogP contribution >= 0.6 is 23.1 Å². The second kappa shape index (κ2) is 9.57. The van der Waals surface area contributed by atoms with Crippen LogP contribution in [-0.2, 0) is 17.1 Å². The van der Waals surface area contributed by atoms with Crippen molar-refractivity contribution in [1.82, 2.24) is 10.3 Å². The van der Waals surface area contributed by atoms with E-state index >= 15 is 0 Å². The number of amides is 2. The van der Waals surface area contributed by atoms with Crippen molar-refractivity contribution in [3.63, 3.8) is 0 Å². The molecule has 0 aliphatic rings. The third-order valence-corrected chi connectivity index (χ3v) is 5.54. The highest BCUT2D eigenvalue weighted by molar-refractivity contribution is 7.98. The molecule has 0 aliphatic carbocycles. The molecular weight excluding hydrogens is 394 g/mol. The van der Waals surface area contributed by atoms with E-state index in [0.717, 1.165) is 11.5 Å². The third-order valence-electron chi connectivity index (χ3n) is 3.84. The number of nitrogens with zero attached hydrogens (tertiary/aromatic N) is 1. The number of thioether (sulfide) groups is 1. The van der Waals surface area contributed by atoms with Gasteiger partial charge in [-0.3, -0.25) is 14.9 Å². The average molecular weight is 416 g/mol. The van der Waals surface area contributed by atoms with E-state index in [4.69, 9.17) is 4.42 Å². The van der Waals surface area contributed by atoms with Crippen LogP contribution in [0.5, 0.6) is 0 Å². The predicted octanol–water partition coefficient (Wildman–Crippen LogP) is 4.54. The smallest absolute Gasteiger partial charge is 0.257 e. The zero-order valence-corrected chi connectivity index (χ0v) is 17.3. The molecule has 1 aromatic carbocycles. The number of carbonyl (C=O) groups excluding carboxylic acids is 2. The van der Waals surface area contributed by atoms with Crippen molar-refractivity contribution in [3.05, 3.63) is 58.7 Å². The van der Waals surface area contributed by atoms with Crippen LogP contribution in [0, 0.1) is 0 Å². The summed E-state index contributed by atoms with van der Waals surface area (Å²) in [5.41, 5.74) is 2.44. The maximum absolute atomic E-state index is 12.4. The van der Waals surface area contributed by atoms with Crippen molar-refractivity contribution >= 4 is 40.0 Å². The SMILES string of the molecule is CCSCc1ccc(C(=O)Nc2nc(-c3ccc(CNC(C)=O)o3)cs2)cc1. The number of hydrogen-bond donors (Lipinski definition) is 2. The van der Waals surface area contributed by atoms with E-state index in [1.807, 2.05) is 41.4 Å². The summed E-state index contributed by atoms with van der Waals surface area (Å²) >= 11 is 3.18. The Balaban J connectivity index is 1.61. The van der Waals surface area contributed by atoms with E-state index in [-0.39, 0.29) is 11.8 Å². The highest BCUT2D eigenvalue weighted by atomic mass is 32.2. The number of benzene rings is 1. The van der Waals surface area contributed by atoms with E-state index in [0.29, 0.717) is 34.5 Å². The number of hydrogen-bond acceptors (Lipinski definition) is 6. The summed E-state index contributed by atoms with van der Waals surface area (Å²) in [6.45, 7) is 3.91. The van der Waals surface area contributed by atoms with Crippen LogP contribution in [-0.4, -0.2) is 22.6 Å². The van der Waals surface area contributed by atoms with Gasteiger partial charge in [-0.15, -0.1) is 11.3 Å². The first-order valence-corrected chi connectivity index (χ1v) is 10.9. The van der Waals surface area contributed by atoms with Crippen LogP contribution in [0.1, 0.15) is 35.5 Å². The predicted molar refractivity (Wildman–Crippen MR) is 114 cm³/mol. The highest BCUT2D eigenvalue weighted by Crippen LogP contribution is 2.27. The van der Waals surface area contributed by atoms with Crippen molar-refractivity contribution in [1.29, 1.82) is 0 Å². The standard InChI is InChI=1S/C20H21N3O3S2/c1-3-27-11-14-4-6-15(7-5-14)19(25)23-20-22-17(12-28-20)18-9-8-16(26-18)10-21-13(2)24/h4-9,12H,3,10-11H2,1-2H3,(H,21,24)(H,22,23,25). The summed E-state index contributed by atoms with van der Waals surface area (Å²) in [6.07, 6.45) is 0. The lowest BCUT2D eigenvalue weighted by Crippen LogP contribution is -2.18. The number of carbonyl (C=O) groups is 2. The monoisotopic (exact) mass is 415 g/mol. The Morgan fingerprint density at radius 2 is 1.96 bits per heavy atom. The van der Waals surface area contributed by atoms with Crippen LogP contribution in [0.2, 0.25) is 0 Å². The number of anilines is 1. The summed E-state index contributed by atoms with van der Waals surface area (Å²) in [6, 6.07) is 11.2. The largest absolute Gasteiger partial charge is 0.458 e. The minimum Gasteiger partial charge on any atom is -0.458 e. The van der Waals surface area contributed by atoms with Gasteiger partial charge in [0.15, 0.2) is 10.9 Å². The van der Waals surface area contributed by atoms with E-state index < -0.39 is 0 Å². The van der Waals surface area contributed by atoms with Crippen LogP contribution in [0.25, 0.3) is 11.5 Å². The molecule has 2 heterocycles. The van der Waals surface area contributed by atoms with Gasteiger partial charge in [0.1, 0.15) is 11.5 Å². The van der Waals surface area contributed by atoms with Crippen LogP contribution in [0.4, 0.5) is 5.13 Å². The number of nitrogens with one attached hydrogen (secondary N) is 2. The molecule has 28 heavy (non-hydrogen) atoms. The van der Waals surface area contributed by atoms with Crippen molar-refractivity contribution in [2.24, 2.45) is 0 Å². The lowest BCUT2D eigenvalue weighted by molar-refractivity contribution is -0.119. The van der Waals surface area contributed by atoms with Crippen LogP contribution in [0.3, 0.4) is 0 Å². The lowest BCUT2D eigenvalue weighted by atomic mass is 10.1. The molecule has 0 saturated heterocycles. The zero-order valence-electron chi connectivity index (χ0n) is 15.7. The molecule has 0 atom stereocenters. The Hall–Kier alpha value is -2.58. The molecule has 2 amide bonds. The number of thiazole rings is 1. The minimum absolute atomic E-state index is 0.117. The molecule has 8 heteroatoms. The van der Waals surface area contributed by atoms with Gasteiger partial charge in [0.25, 0.3) is 5.91 Å². The molecular formula is C20H21N3O3S2. The molecule has 0 fully saturated rings. The van der Waals surface area contributed by atoms with Crippen molar-refractivity contribution < 1.29 is 14.0 Å². The fourth-order valence-corrected chi connectivity index (χ4v) is 3.74. The van der Waals surface area contributed by atoms with E-state index in [2.05, 4.69) is 22.5 Å². The molecule has 3 aromatic rings. The van der Waals surface area contributed by atoms with Gasteiger partial charge in [0.05, 0.1) is 6.54 Å². The second-order valence-electron chi connectivity index (χ2n) is 6.00. The molecule has 2 aromatic heterocycles. The van der Waals surface area contributed by atoms with Gasteiger partial charge in [-0.1, -0.05) is 19.1 Å². The average Bonchev–Trinajstić information content (AvgIpc) is 3.34. The lowest BCUT2D eigenvalue weighted by Gasteiger charge is -2.04. The Labute approximate surface area is 171 Å². The van der Waals surface area contributed by atoms with Crippen molar-refractivity contribution in [2.75, 3.05) is 11.1 Å². The summed E-state index contributed by atoms with van der Waals surface area (Å²) < 4.78 is 5.68. The van der Waals surface area contributed by atoms with Gasteiger partial charge in [-0.25, -0.2) is 4.98 Å². The van der Waals surface area contributed by atoms with Gasteiger partial charge in [-0.2, -0.15) is 11.8 Å². The quantitative estimate of drug-likeness (QED) is 0.564. The summed E-state index contributed by atoms with van der Waals surface area (Å²) in [5.74, 6) is 2.94. The van der Waals surface area contributed by atoms with Crippen LogP contribution in [0.15, 0.2) is 46.2 Å². The van der Waals surface area contributed by atoms with Crippen molar-refractivity contribution in [3.8, 4) is 11.5 Å². The van der Waals surface area contributed by atoms with E-state index in [9.17, 15) is 9.59 Å². The van der Waals surface area contributed by atoms with Gasteiger partial charge >= 0.3 is 0 Å². The van der Waals surface area contributed by atoms with Gasteiger partial charge in [-0.05, 0) is 35.6 Å². The first-order valence-electron chi connectivity index (χ1n) is 8.82. The number of furan rings is 1. The zero-order chi connectivity index (χ0) is 19.9. The Bertz CT molecular complexity index is 948. The first-order chi connectivity index (χ1) is 13.5. The Morgan fingerprint density at radius 1 is 1.18 bits per heavy atom. The fraction of sp³-hybridized carbons (Fsp3) is 0.250. The molecule has 0 spiro atoms. The minimum atomic E-state index is -0.193.